The second kappa shape index (κ2) is 8.26. The number of carbonyl (C=O) groups excluding carboxylic acids is 1. The highest BCUT2D eigenvalue weighted by Gasteiger charge is 2.13. The topological polar surface area (TPSA) is 64.9 Å². The number of rotatable bonds is 8. The molecule has 22 heavy (non-hydrogen) atoms. The average molecular weight is 370 g/mol. The molecular weight excluding hydrogens is 350 g/mol. The first kappa shape index (κ1) is 16.9. The van der Waals surface area contributed by atoms with E-state index >= 15 is 0 Å². The zero-order valence-corrected chi connectivity index (χ0v) is 14.3. The van der Waals surface area contributed by atoms with Gasteiger partial charge in [0.2, 0.25) is 5.91 Å². The van der Waals surface area contributed by atoms with E-state index in [1.54, 1.807) is 6.92 Å². The highest BCUT2D eigenvalue weighted by Crippen LogP contribution is 2.12. The molecule has 1 unspecified atom stereocenters. The van der Waals surface area contributed by atoms with Gasteiger partial charge in [0, 0.05) is 23.5 Å². The smallest absolute Gasteiger partial charge is 0.249 e. The lowest BCUT2D eigenvalue weighted by Crippen LogP contribution is -2.34. The summed E-state index contributed by atoms with van der Waals surface area (Å²) in [5.41, 5.74) is 1.64. The first-order valence-corrected chi connectivity index (χ1v) is 7.99. The van der Waals surface area contributed by atoms with E-state index in [1.165, 1.54) is 0 Å². The Morgan fingerprint density at radius 2 is 2.23 bits per heavy atom. The Morgan fingerprint density at radius 3 is 3.00 bits per heavy atom. The van der Waals surface area contributed by atoms with Crippen molar-refractivity contribution >= 4 is 27.5 Å². The lowest BCUT2D eigenvalue weighted by Gasteiger charge is -2.12. The minimum absolute atomic E-state index is 0.158. The van der Waals surface area contributed by atoms with Gasteiger partial charge in [0.05, 0.1) is 25.5 Å². The van der Waals surface area contributed by atoms with Crippen LogP contribution >= 0.6 is 15.9 Å². The molecular formula is C15H20BrN3O3. The van der Waals surface area contributed by atoms with Crippen LogP contribution in [0.5, 0.6) is 0 Å². The molecule has 1 atom stereocenters. The summed E-state index contributed by atoms with van der Waals surface area (Å²) in [5.74, 6) is -0.158. The average Bonchev–Trinajstić information content (AvgIpc) is 2.90. The molecule has 0 aliphatic rings. The fourth-order valence-electron chi connectivity index (χ4n) is 1.93. The molecule has 0 aliphatic heterocycles. The zero-order chi connectivity index (χ0) is 15.9. The molecule has 0 saturated heterocycles. The number of imidazole rings is 1. The molecule has 0 aromatic carbocycles. The van der Waals surface area contributed by atoms with E-state index in [2.05, 4.69) is 26.2 Å². The van der Waals surface area contributed by atoms with E-state index in [-0.39, 0.29) is 5.91 Å². The Balaban J connectivity index is 1.81. The van der Waals surface area contributed by atoms with Gasteiger partial charge in [0.15, 0.2) is 0 Å². The molecule has 0 bridgehead atoms. The molecule has 0 aliphatic carbocycles. The lowest BCUT2D eigenvalue weighted by molar-refractivity contribution is -0.132. The van der Waals surface area contributed by atoms with Crippen molar-refractivity contribution < 1.29 is 14.3 Å². The summed E-state index contributed by atoms with van der Waals surface area (Å²) in [7, 11) is 0. The Morgan fingerprint density at radius 1 is 1.41 bits per heavy atom. The number of fused-ring (bicyclic) bond motifs is 1. The van der Waals surface area contributed by atoms with Crippen LogP contribution in [0.4, 0.5) is 0 Å². The van der Waals surface area contributed by atoms with Crippen LogP contribution in [0.1, 0.15) is 19.5 Å². The van der Waals surface area contributed by atoms with Gasteiger partial charge in [-0.15, -0.1) is 0 Å². The van der Waals surface area contributed by atoms with Crippen LogP contribution in [0.25, 0.3) is 5.65 Å². The Labute approximate surface area is 137 Å². The second-order valence-corrected chi connectivity index (χ2v) is 5.69. The van der Waals surface area contributed by atoms with Crippen molar-refractivity contribution in [2.45, 2.75) is 26.5 Å². The van der Waals surface area contributed by atoms with Gasteiger partial charge in [-0.25, -0.2) is 4.98 Å². The summed E-state index contributed by atoms with van der Waals surface area (Å²) in [6, 6.07) is 3.84. The number of ether oxygens (including phenoxy) is 2. The van der Waals surface area contributed by atoms with Gasteiger partial charge in [-0.3, -0.25) is 4.79 Å². The Bertz CT molecular complexity index is 630. The first-order chi connectivity index (χ1) is 10.6. The third-order valence-electron chi connectivity index (χ3n) is 3.08. The van der Waals surface area contributed by atoms with E-state index in [0.717, 1.165) is 15.8 Å². The van der Waals surface area contributed by atoms with Crippen molar-refractivity contribution in [2.24, 2.45) is 0 Å². The fourth-order valence-corrected chi connectivity index (χ4v) is 2.28. The third-order valence-corrected chi connectivity index (χ3v) is 3.55. The van der Waals surface area contributed by atoms with E-state index in [9.17, 15) is 4.79 Å². The molecule has 6 nitrogen and oxygen atoms in total. The Hall–Kier alpha value is -1.44. The van der Waals surface area contributed by atoms with Gasteiger partial charge in [0.1, 0.15) is 11.8 Å². The maximum Gasteiger partial charge on any atom is 0.249 e. The van der Waals surface area contributed by atoms with Gasteiger partial charge >= 0.3 is 0 Å². The molecule has 0 saturated carbocycles. The minimum atomic E-state index is -0.508. The van der Waals surface area contributed by atoms with Crippen molar-refractivity contribution in [3.63, 3.8) is 0 Å². The van der Waals surface area contributed by atoms with Gasteiger partial charge in [-0.05, 0) is 41.9 Å². The number of pyridine rings is 1. The summed E-state index contributed by atoms with van der Waals surface area (Å²) >= 11 is 3.41. The highest BCUT2D eigenvalue weighted by atomic mass is 79.9. The molecule has 1 N–H and O–H groups in total. The minimum Gasteiger partial charge on any atom is -0.379 e. The SMILES string of the molecule is CCOCCOC(C)C(=O)NCc1cn2cc(Br)ccc2n1. The largest absolute Gasteiger partial charge is 0.379 e. The first-order valence-electron chi connectivity index (χ1n) is 7.20. The number of amides is 1. The maximum absolute atomic E-state index is 11.9. The van der Waals surface area contributed by atoms with E-state index < -0.39 is 6.10 Å². The standard InChI is InChI=1S/C15H20BrN3O3/c1-3-21-6-7-22-11(2)15(20)17-8-13-10-19-9-12(16)4-5-14(19)18-13/h4-5,9-11H,3,6-8H2,1-2H3,(H,17,20). The van der Waals surface area contributed by atoms with E-state index in [1.807, 2.05) is 35.9 Å². The second-order valence-electron chi connectivity index (χ2n) is 4.77. The maximum atomic E-state index is 11.9. The van der Waals surface area contributed by atoms with Gasteiger partial charge < -0.3 is 19.2 Å². The molecule has 2 aromatic rings. The summed E-state index contributed by atoms with van der Waals surface area (Å²) in [4.78, 5) is 16.4. The van der Waals surface area contributed by atoms with Crippen LogP contribution in [0.3, 0.4) is 0 Å². The fraction of sp³-hybridized carbons (Fsp3) is 0.467. The van der Waals surface area contributed by atoms with Gasteiger partial charge in [0.25, 0.3) is 0 Å². The zero-order valence-electron chi connectivity index (χ0n) is 12.7. The van der Waals surface area contributed by atoms with Crippen molar-refractivity contribution in [2.75, 3.05) is 19.8 Å². The number of hydrogen-bond acceptors (Lipinski definition) is 4. The molecule has 120 valence electrons. The number of halogens is 1. The van der Waals surface area contributed by atoms with Gasteiger partial charge in [-0.1, -0.05) is 0 Å². The third kappa shape index (κ3) is 4.79. The van der Waals surface area contributed by atoms with Crippen molar-refractivity contribution in [1.29, 1.82) is 0 Å². The van der Waals surface area contributed by atoms with Crippen molar-refractivity contribution in [3.8, 4) is 0 Å². The molecule has 7 heteroatoms. The summed E-state index contributed by atoms with van der Waals surface area (Å²) < 4.78 is 13.4. The van der Waals surface area contributed by atoms with Crippen LogP contribution in [-0.2, 0) is 20.8 Å². The van der Waals surface area contributed by atoms with Crippen molar-refractivity contribution in [3.05, 3.63) is 34.7 Å². The van der Waals surface area contributed by atoms with Crippen LogP contribution in [0, 0.1) is 0 Å². The van der Waals surface area contributed by atoms with Crippen LogP contribution < -0.4 is 5.32 Å². The summed E-state index contributed by atoms with van der Waals surface area (Å²) in [6.07, 6.45) is 3.31. The Kier molecular flexibility index (Phi) is 6.35. The summed E-state index contributed by atoms with van der Waals surface area (Å²) in [5, 5.41) is 2.82. The van der Waals surface area contributed by atoms with Gasteiger partial charge in [-0.2, -0.15) is 0 Å². The molecule has 0 spiro atoms. The van der Waals surface area contributed by atoms with Crippen LogP contribution in [0.15, 0.2) is 29.0 Å². The highest BCUT2D eigenvalue weighted by molar-refractivity contribution is 9.10. The molecule has 2 rings (SSSR count). The number of aromatic nitrogens is 2. The molecule has 0 fully saturated rings. The normalized spacial score (nSPS) is 12.5. The van der Waals surface area contributed by atoms with Crippen LogP contribution in [0.2, 0.25) is 0 Å². The van der Waals surface area contributed by atoms with E-state index in [0.29, 0.717) is 26.4 Å². The number of nitrogens with zero attached hydrogens (tertiary/aromatic N) is 2. The molecule has 0 radical (unpaired) electrons. The summed E-state index contributed by atoms with van der Waals surface area (Å²) in [6.45, 7) is 5.57. The monoisotopic (exact) mass is 369 g/mol. The van der Waals surface area contributed by atoms with E-state index in [4.69, 9.17) is 9.47 Å². The molecule has 1 amide bonds. The quantitative estimate of drug-likeness (QED) is 0.724. The molecule has 2 aromatic heterocycles. The predicted molar refractivity (Wildman–Crippen MR) is 86.6 cm³/mol. The number of carbonyl (C=O) groups is 1. The number of hydrogen-bond donors (Lipinski definition) is 1. The lowest BCUT2D eigenvalue weighted by atomic mass is 10.3. The molecule has 2 heterocycles. The number of nitrogens with one attached hydrogen (secondary N) is 1. The van der Waals surface area contributed by atoms with Crippen molar-refractivity contribution in [1.82, 2.24) is 14.7 Å². The predicted octanol–water partition coefficient (Wildman–Crippen LogP) is 2.15. The van der Waals surface area contributed by atoms with Crippen LogP contribution in [-0.4, -0.2) is 41.2 Å².